The predicted octanol–water partition coefficient (Wildman–Crippen LogP) is 2.71. The van der Waals surface area contributed by atoms with E-state index in [-0.39, 0.29) is 18.4 Å². The van der Waals surface area contributed by atoms with Crippen molar-refractivity contribution in [3.8, 4) is 0 Å². The highest BCUT2D eigenvalue weighted by Gasteiger charge is 2.31. The third kappa shape index (κ3) is 4.19. The summed E-state index contributed by atoms with van der Waals surface area (Å²) >= 11 is 0. The van der Waals surface area contributed by atoms with Crippen LogP contribution in [0.3, 0.4) is 0 Å². The van der Waals surface area contributed by atoms with Crippen LogP contribution in [0.4, 0.5) is 9.18 Å². The van der Waals surface area contributed by atoms with Gasteiger partial charge in [-0.15, -0.1) is 0 Å². The SMILES string of the molecule is CC(C)(CNC(=O)NCC1(O)CCCC1)c1ccccc1F. The van der Waals surface area contributed by atoms with Gasteiger partial charge in [0.05, 0.1) is 5.60 Å². The largest absolute Gasteiger partial charge is 0.388 e. The van der Waals surface area contributed by atoms with Gasteiger partial charge in [0.1, 0.15) is 5.82 Å². The first-order valence-electron chi connectivity index (χ1n) is 7.82. The normalized spacial score (nSPS) is 17.3. The van der Waals surface area contributed by atoms with Crippen molar-refractivity contribution in [3.63, 3.8) is 0 Å². The third-order valence-electron chi connectivity index (χ3n) is 4.41. The van der Waals surface area contributed by atoms with Crippen LogP contribution in [0.5, 0.6) is 0 Å². The Morgan fingerprint density at radius 2 is 1.91 bits per heavy atom. The second-order valence-electron chi connectivity index (χ2n) is 6.83. The molecule has 1 aliphatic rings. The number of hydrogen-bond acceptors (Lipinski definition) is 2. The van der Waals surface area contributed by atoms with Gasteiger partial charge in [-0.25, -0.2) is 9.18 Å². The van der Waals surface area contributed by atoms with Gasteiger partial charge in [0.25, 0.3) is 0 Å². The van der Waals surface area contributed by atoms with E-state index in [1.54, 1.807) is 18.2 Å². The van der Waals surface area contributed by atoms with Crippen LogP contribution in [0.25, 0.3) is 0 Å². The lowest BCUT2D eigenvalue weighted by Gasteiger charge is -2.27. The Labute approximate surface area is 131 Å². The molecular weight excluding hydrogens is 283 g/mol. The molecule has 5 heteroatoms. The van der Waals surface area contributed by atoms with Crippen LogP contribution < -0.4 is 10.6 Å². The highest BCUT2D eigenvalue weighted by atomic mass is 19.1. The van der Waals surface area contributed by atoms with Crippen LogP contribution >= 0.6 is 0 Å². The van der Waals surface area contributed by atoms with E-state index in [1.807, 2.05) is 13.8 Å². The third-order valence-corrected chi connectivity index (χ3v) is 4.41. The van der Waals surface area contributed by atoms with Gasteiger partial charge in [-0.1, -0.05) is 44.9 Å². The summed E-state index contributed by atoms with van der Waals surface area (Å²) < 4.78 is 13.9. The molecule has 2 amide bonds. The maximum Gasteiger partial charge on any atom is 0.314 e. The first-order valence-corrected chi connectivity index (χ1v) is 7.82. The fourth-order valence-corrected chi connectivity index (χ4v) is 2.92. The molecule has 1 aromatic carbocycles. The van der Waals surface area contributed by atoms with Crippen molar-refractivity contribution >= 4 is 6.03 Å². The summed E-state index contributed by atoms with van der Waals surface area (Å²) in [5.41, 5.74) is -0.699. The van der Waals surface area contributed by atoms with Gasteiger partial charge < -0.3 is 15.7 Å². The lowest BCUT2D eigenvalue weighted by molar-refractivity contribution is 0.0501. The lowest BCUT2D eigenvalue weighted by Crippen LogP contribution is -2.47. The lowest BCUT2D eigenvalue weighted by atomic mass is 9.84. The van der Waals surface area contributed by atoms with Gasteiger partial charge in [0, 0.05) is 18.5 Å². The number of hydrogen-bond donors (Lipinski definition) is 3. The summed E-state index contributed by atoms with van der Waals surface area (Å²) in [7, 11) is 0. The minimum atomic E-state index is -0.765. The molecule has 2 rings (SSSR count). The Bertz CT molecular complexity index is 525. The standard InChI is InChI=1S/C17H25FN2O2/c1-16(2,13-7-3-4-8-14(13)18)11-19-15(21)20-12-17(22)9-5-6-10-17/h3-4,7-8,22H,5-6,9-12H2,1-2H3,(H2,19,20,21). The highest BCUT2D eigenvalue weighted by molar-refractivity contribution is 5.74. The van der Waals surface area contributed by atoms with Crippen LogP contribution in [0.2, 0.25) is 0 Å². The zero-order valence-electron chi connectivity index (χ0n) is 13.3. The smallest absolute Gasteiger partial charge is 0.314 e. The Balaban J connectivity index is 1.84. The van der Waals surface area contributed by atoms with Crippen LogP contribution in [0, 0.1) is 5.82 Å². The number of amides is 2. The molecule has 0 radical (unpaired) electrons. The number of rotatable bonds is 5. The van der Waals surface area contributed by atoms with Gasteiger partial charge in [-0.05, 0) is 24.5 Å². The van der Waals surface area contributed by atoms with Crippen molar-refractivity contribution in [2.45, 2.75) is 50.5 Å². The van der Waals surface area contributed by atoms with Crippen molar-refractivity contribution in [3.05, 3.63) is 35.6 Å². The quantitative estimate of drug-likeness (QED) is 0.783. The van der Waals surface area contributed by atoms with Gasteiger partial charge in [0.2, 0.25) is 0 Å². The monoisotopic (exact) mass is 308 g/mol. The number of carbonyl (C=O) groups excluding carboxylic acids is 1. The molecule has 0 bridgehead atoms. The maximum absolute atomic E-state index is 13.9. The molecule has 0 aliphatic heterocycles. The van der Waals surface area contributed by atoms with E-state index in [4.69, 9.17) is 0 Å². The van der Waals surface area contributed by atoms with Crippen molar-refractivity contribution < 1.29 is 14.3 Å². The molecule has 4 nitrogen and oxygen atoms in total. The van der Waals surface area contributed by atoms with Crippen molar-refractivity contribution in [1.29, 1.82) is 0 Å². The molecule has 1 aromatic rings. The Kier molecular flexibility index (Phi) is 5.06. The van der Waals surface area contributed by atoms with E-state index in [0.717, 1.165) is 25.7 Å². The molecule has 0 unspecified atom stereocenters. The van der Waals surface area contributed by atoms with E-state index in [9.17, 15) is 14.3 Å². The minimum Gasteiger partial charge on any atom is -0.388 e. The van der Waals surface area contributed by atoms with E-state index in [2.05, 4.69) is 10.6 Å². The zero-order valence-corrected chi connectivity index (χ0v) is 13.3. The van der Waals surface area contributed by atoms with Crippen molar-refractivity contribution in [1.82, 2.24) is 10.6 Å². The van der Waals surface area contributed by atoms with Crippen LogP contribution in [0.1, 0.15) is 45.1 Å². The average Bonchev–Trinajstić information content (AvgIpc) is 2.91. The van der Waals surface area contributed by atoms with E-state index in [0.29, 0.717) is 12.1 Å². The van der Waals surface area contributed by atoms with Crippen molar-refractivity contribution in [2.75, 3.05) is 13.1 Å². The molecular formula is C17H25FN2O2. The van der Waals surface area contributed by atoms with Gasteiger partial charge in [-0.2, -0.15) is 0 Å². The van der Waals surface area contributed by atoms with Gasteiger partial charge in [-0.3, -0.25) is 0 Å². The number of aliphatic hydroxyl groups is 1. The summed E-state index contributed by atoms with van der Waals surface area (Å²) in [6, 6.07) is 6.26. The summed E-state index contributed by atoms with van der Waals surface area (Å²) in [5, 5.41) is 15.7. The van der Waals surface area contributed by atoms with E-state index < -0.39 is 11.0 Å². The number of benzene rings is 1. The number of carbonyl (C=O) groups is 1. The molecule has 0 aromatic heterocycles. The first-order chi connectivity index (χ1) is 10.3. The summed E-state index contributed by atoms with van der Waals surface area (Å²) in [5.74, 6) is -0.269. The summed E-state index contributed by atoms with van der Waals surface area (Å²) in [6.45, 7) is 4.35. The Morgan fingerprint density at radius 3 is 2.55 bits per heavy atom. The number of nitrogens with one attached hydrogen (secondary N) is 2. The molecule has 0 spiro atoms. The van der Waals surface area contributed by atoms with Crippen LogP contribution in [-0.2, 0) is 5.41 Å². The van der Waals surface area contributed by atoms with Crippen molar-refractivity contribution in [2.24, 2.45) is 0 Å². The Hall–Kier alpha value is -1.62. The topological polar surface area (TPSA) is 61.4 Å². The first kappa shape index (κ1) is 16.7. The maximum atomic E-state index is 13.9. The van der Waals surface area contributed by atoms with Gasteiger partial charge in [0.15, 0.2) is 0 Å². The summed E-state index contributed by atoms with van der Waals surface area (Å²) in [6.07, 6.45) is 3.46. The number of urea groups is 1. The minimum absolute atomic E-state index is 0.263. The van der Waals surface area contributed by atoms with E-state index in [1.165, 1.54) is 6.07 Å². The van der Waals surface area contributed by atoms with Crippen LogP contribution in [0.15, 0.2) is 24.3 Å². The summed E-state index contributed by atoms with van der Waals surface area (Å²) in [4.78, 5) is 11.9. The molecule has 122 valence electrons. The zero-order chi connectivity index (χ0) is 16.2. The highest BCUT2D eigenvalue weighted by Crippen LogP contribution is 2.28. The van der Waals surface area contributed by atoms with Gasteiger partial charge >= 0.3 is 6.03 Å². The fourth-order valence-electron chi connectivity index (χ4n) is 2.92. The second-order valence-corrected chi connectivity index (χ2v) is 6.83. The molecule has 1 aliphatic carbocycles. The second kappa shape index (κ2) is 6.65. The average molecular weight is 308 g/mol. The molecule has 1 saturated carbocycles. The molecule has 1 fully saturated rings. The van der Waals surface area contributed by atoms with Crippen LogP contribution in [-0.4, -0.2) is 29.8 Å². The number of halogens is 1. The fraction of sp³-hybridized carbons (Fsp3) is 0.588. The van der Waals surface area contributed by atoms with E-state index >= 15 is 0 Å². The molecule has 0 atom stereocenters. The molecule has 22 heavy (non-hydrogen) atoms. The Morgan fingerprint density at radius 1 is 1.27 bits per heavy atom. The predicted molar refractivity (Wildman–Crippen MR) is 84.2 cm³/mol. The molecule has 3 N–H and O–H groups in total. The molecule has 0 saturated heterocycles. The molecule has 0 heterocycles.